The Balaban J connectivity index is 1.87. The minimum absolute atomic E-state index is 0.0431. The fraction of sp³-hybridized carbons (Fsp3) is 0.125. The van der Waals surface area contributed by atoms with Crippen LogP contribution in [0, 0.1) is 17.5 Å². The van der Waals surface area contributed by atoms with Gasteiger partial charge in [0.1, 0.15) is 17.5 Å². The first-order chi connectivity index (χ1) is 10.0. The lowest BCUT2D eigenvalue weighted by molar-refractivity contribution is 0.181. The van der Waals surface area contributed by atoms with Gasteiger partial charge in [0.05, 0.1) is 6.10 Å². The summed E-state index contributed by atoms with van der Waals surface area (Å²) in [7, 11) is 0. The van der Waals surface area contributed by atoms with Crippen molar-refractivity contribution in [3.63, 3.8) is 0 Å². The van der Waals surface area contributed by atoms with Crippen LogP contribution in [0.5, 0.6) is 0 Å². The summed E-state index contributed by atoms with van der Waals surface area (Å²) in [5, 5.41) is 10.9. The number of fused-ring (bicyclic) bond motifs is 1. The Morgan fingerprint density at radius 2 is 1.67 bits per heavy atom. The van der Waals surface area contributed by atoms with Crippen molar-refractivity contribution in [3.05, 3.63) is 70.4 Å². The molecule has 0 aliphatic heterocycles. The highest BCUT2D eigenvalue weighted by Gasteiger charge is 2.15. The van der Waals surface area contributed by atoms with Gasteiger partial charge in [-0.1, -0.05) is 6.07 Å². The van der Waals surface area contributed by atoms with E-state index in [4.69, 9.17) is 0 Å². The van der Waals surface area contributed by atoms with Gasteiger partial charge in [-0.2, -0.15) is 0 Å². The van der Waals surface area contributed by atoms with Crippen molar-refractivity contribution >= 4 is 21.4 Å². The van der Waals surface area contributed by atoms with Crippen LogP contribution in [-0.4, -0.2) is 5.11 Å². The molecule has 1 aromatic heterocycles. The van der Waals surface area contributed by atoms with Crippen LogP contribution in [0.25, 0.3) is 10.1 Å². The van der Waals surface area contributed by atoms with Gasteiger partial charge in [-0.3, -0.25) is 0 Å². The molecular formula is C16H11F3OS. The summed E-state index contributed by atoms with van der Waals surface area (Å²) in [5.74, 6) is -1.67. The highest BCUT2D eigenvalue weighted by Crippen LogP contribution is 2.32. The third-order valence-electron chi connectivity index (χ3n) is 3.25. The average molecular weight is 308 g/mol. The SMILES string of the molecule is OC(Cc1ccc(F)cc1F)c1cc2cc(F)ccc2s1. The first-order valence-electron chi connectivity index (χ1n) is 6.34. The molecule has 21 heavy (non-hydrogen) atoms. The number of aliphatic hydroxyl groups excluding tert-OH is 1. The van der Waals surface area contributed by atoms with Gasteiger partial charge in [0.15, 0.2) is 0 Å². The molecule has 0 saturated heterocycles. The lowest BCUT2D eigenvalue weighted by Gasteiger charge is -2.09. The Morgan fingerprint density at radius 1 is 0.952 bits per heavy atom. The Labute approximate surface area is 123 Å². The van der Waals surface area contributed by atoms with E-state index in [1.54, 1.807) is 12.1 Å². The maximum atomic E-state index is 13.6. The normalized spacial score (nSPS) is 12.8. The minimum atomic E-state index is -0.912. The number of halogens is 3. The molecule has 0 aliphatic carbocycles. The Kier molecular flexibility index (Phi) is 3.69. The van der Waals surface area contributed by atoms with Gasteiger partial charge in [-0.05, 0) is 41.3 Å². The molecule has 3 aromatic rings. The number of rotatable bonds is 3. The maximum Gasteiger partial charge on any atom is 0.129 e. The smallest absolute Gasteiger partial charge is 0.129 e. The number of aliphatic hydroxyl groups is 1. The van der Waals surface area contributed by atoms with Crippen LogP contribution in [-0.2, 0) is 6.42 Å². The molecule has 1 atom stereocenters. The second kappa shape index (κ2) is 5.50. The molecule has 3 rings (SSSR count). The van der Waals surface area contributed by atoms with Gasteiger partial charge in [0, 0.05) is 22.1 Å². The number of hydrogen-bond donors (Lipinski definition) is 1. The Bertz CT molecular complexity index is 797. The molecule has 108 valence electrons. The van der Waals surface area contributed by atoms with Crippen LogP contribution in [0.3, 0.4) is 0 Å². The number of benzene rings is 2. The quantitative estimate of drug-likeness (QED) is 0.750. The first-order valence-corrected chi connectivity index (χ1v) is 7.15. The van der Waals surface area contributed by atoms with E-state index >= 15 is 0 Å². The molecule has 1 unspecified atom stereocenters. The standard InChI is InChI=1S/C16H11F3OS/c17-11-3-4-15-10(5-11)7-16(21-15)14(20)6-9-1-2-12(18)8-13(9)19/h1-5,7-8,14,20H,6H2. The zero-order chi connectivity index (χ0) is 15.0. The first kappa shape index (κ1) is 14.1. The molecule has 0 saturated carbocycles. The van der Waals surface area contributed by atoms with Crippen molar-refractivity contribution in [2.45, 2.75) is 12.5 Å². The second-order valence-corrected chi connectivity index (χ2v) is 5.90. The van der Waals surface area contributed by atoms with Gasteiger partial charge >= 0.3 is 0 Å². The van der Waals surface area contributed by atoms with Gasteiger partial charge in [-0.15, -0.1) is 11.3 Å². The van der Waals surface area contributed by atoms with E-state index in [9.17, 15) is 18.3 Å². The molecule has 1 nitrogen and oxygen atoms in total. The second-order valence-electron chi connectivity index (χ2n) is 4.79. The lowest BCUT2D eigenvalue weighted by Crippen LogP contribution is -2.02. The molecule has 5 heteroatoms. The van der Waals surface area contributed by atoms with Crippen LogP contribution >= 0.6 is 11.3 Å². The van der Waals surface area contributed by atoms with E-state index in [1.165, 1.54) is 29.5 Å². The largest absolute Gasteiger partial charge is 0.387 e. The molecule has 0 radical (unpaired) electrons. The summed E-state index contributed by atoms with van der Waals surface area (Å²) in [6, 6.07) is 9.35. The van der Waals surface area contributed by atoms with Crippen LogP contribution in [0.15, 0.2) is 42.5 Å². The van der Waals surface area contributed by atoms with Crippen LogP contribution < -0.4 is 0 Å². The number of hydrogen-bond acceptors (Lipinski definition) is 2. The highest BCUT2D eigenvalue weighted by atomic mass is 32.1. The lowest BCUT2D eigenvalue weighted by atomic mass is 10.1. The minimum Gasteiger partial charge on any atom is -0.387 e. The van der Waals surface area contributed by atoms with Gasteiger partial charge in [-0.25, -0.2) is 13.2 Å². The monoisotopic (exact) mass is 308 g/mol. The third kappa shape index (κ3) is 2.94. The van der Waals surface area contributed by atoms with Crippen LogP contribution in [0.4, 0.5) is 13.2 Å². The average Bonchev–Trinajstić information content (AvgIpc) is 2.85. The zero-order valence-corrected chi connectivity index (χ0v) is 11.6. The summed E-state index contributed by atoms with van der Waals surface area (Å²) < 4.78 is 40.4. The fourth-order valence-corrected chi connectivity index (χ4v) is 3.23. The Morgan fingerprint density at radius 3 is 2.43 bits per heavy atom. The van der Waals surface area contributed by atoms with Gasteiger partial charge < -0.3 is 5.11 Å². The molecule has 0 spiro atoms. The molecule has 0 aliphatic rings. The van der Waals surface area contributed by atoms with Crippen molar-refractivity contribution in [2.75, 3.05) is 0 Å². The molecule has 2 aromatic carbocycles. The van der Waals surface area contributed by atoms with Gasteiger partial charge in [0.25, 0.3) is 0 Å². The molecule has 0 bridgehead atoms. The van der Waals surface area contributed by atoms with E-state index in [0.29, 0.717) is 10.3 Å². The summed E-state index contributed by atoms with van der Waals surface area (Å²) in [6.45, 7) is 0. The van der Waals surface area contributed by atoms with E-state index < -0.39 is 17.7 Å². The molecule has 0 amide bonds. The zero-order valence-electron chi connectivity index (χ0n) is 10.8. The summed E-state index contributed by atoms with van der Waals surface area (Å²) in [6.07, 6.45) is -0.869. The van der Waals surface area contributed by atoms with E-state index in [1.807, 2.05) is 0 Å². The summed E-state index contributed by atoms with van der Waals surface area (Å²) in [4.78, 5) is 0.624. The highest BCUT2D eigenvalue weighted by molar-refractivity contribution is 7.19. The molecule has 0 fully saturated rings. The van der Waals surface area contributed by atoms with Crippen molar-refractivity contribution in [1.82, 2.24) is 0 Å². The van der Waals surface area contributed by atoms with Gasteiger partial charge in [0.2, 0.25) is 0 Å². The number of thiophene rings is 1. The van der Waals surface area contributed by atoms with E-state index in [-0.39, 0.29) is 17.8 Å². The molecular weight excluding hydrogens is 297 g/mol. The fourth-order valence-electron chi connectivity index (χ4n) is 2.20. The van der Waals surface area contributed by atoms with Crippen molar-refractivity contribution in [2.24, 2.45) is 0 Å². The topological polar surface area (TPSA) is 20.2 Å². The van der Waals surface area contributed by atoms with E-state index in [0.717, 1.165) is 16.8 Å². The Hall–Kier alpha value is -1.85. The summed E-state index contributed by atoms with van der Waals surface area (Å²) in [5.41, 5.74) is 0.243. The molecule has 1 heterocycles. The third-order valence-corrected chi connectivity index (χ3v) is 4.47. The summed E-state index contributed by atoms with van der Waals surface area (Å²) >= 11 is 1.33. The van der Waals surface area contributed by atoms with Crippen molar-refractivity contribution in [3.8, 4) is 0 Å². The van der Waals surface area contributed by atoms with Crippen LogP contribution in [0.2, 0.25) is 0 Å². The van der Waals surface area contributed by atoms with Crippen molar-refractivity contribution < 1.29 is 18.3 Å². The van der Waals surface area contributed by atoms with Crippen molar-refractivity contribution in [1.29, 1.82) is 0 Å². The maximum absolute atomic E-state index is 13.6. The predicted octanol–water partition coefficient (Wildman–Crippen LogP) is 4.59. The van der Waals surface area contributed by atoms with Crippen LogP contribution in [0.1, 0.15) is 16.5 Å². The predicted molar refractivity (Wildman–Crippen MR) is 76.8 cm³/mol. The van der Waals surface area contributed by atoms with E-state index in [2.05, 4.69) is 0 Å². The molecule has 1 N–H and O–H groups in total.